The Morgan fingerprint density at radius 3 is 2.03 bits per heavy atom. The lowest BCUT2D eigenvalue weighted by molar-refractivity contribution is 0.166. The SMILES string of the molecule is C.C.C.CC(Cl)OC(=O)Cl.CC1(c2ccc(-c3ncccn3)cc2)CCNCC1. The van der Waals surface area contributed by atoms with Gasteiger partial charge in [-0.25, -0.2) is 14.8 Å². The highest BCUT2D eigenvalue weighted by Gasteiger charge is 2.28. The Kier molecular flexibility index (Phi) is 14.6. The van der Waals surface area contributed by atoms with Gasteiger partial charge in [0.1, 0.15) is 0 Å². The van der Waals surface area contributed by atoms with Gasteiger partial charge in [-0.05, 0) is 49.9 Å². The van der Waals surface area contributed by atoms with Crippen LogP contribution in [-0.2, 0) is 10.2 Å². The molecule has 1 atom stereocenters. The topological polar surface area (TPSA) is 64.1 Å². The van der Waals surface area contributed by atoms with Crippen molar-refractivity contribution >= 4 is 28.6 Å². The first kappa shape index (κ1) is 29.5. The van der Waals surface area contributed by atoms with E-state index in [2.05, 4.69) is 51.2 Å². The average molecular weight is 444 g/mol. The smallest absolute Gasteiger partial charge is 0.405 e. The highest BCUT2D eigenvalue weighted by molar-refractivity contribution is 6.61. The summed E-state index contributed by atoms with van der Waals surface area (Å²) in [6.45, 7) is 6.09. The van der Waals surface area contributed by atoms with Gasteiger partial charge >= 0.3 is 5.43 Å². The minimum Gasteiger partial charge on any atom is -0.434 e. The second-order valence-corrected chi connectivity index (χ2v) is 7.28. The van der Waals surface area contributed by atoms with Crippen molar-refractivity contribution in [1.82, 2.24) is 15.3 Å². The number of piperidine rings is 1. The number of nitrogens with zero attached hydrogens (tertiary/aromatic N) is 2. The summed E-state index contributed by atoms with van der Waals surface area (Å²) in [5, 5.41) is 3.43. The number of ether oxygens (including phenoxy) is 1. The monoisotopic (exact) mass is 443 g/mol. The third kappa shape index (κ3) is 9.57. The fraction of sp³-hybridized carbons (Fsp3) is 0.500. The molecule has 7 heteroatoms. The third-order valence-corrected chi connectivity index (χ3v) is 4.55. The van der Waals surface area contributed by atoms with Crippen LogP contribution in [0, 0.1) is 0 Å². The second-order valence-electron chi connectivity index (χ2n) is 6.36. The Hall–Kier alpha value is -1.69. The van der Waals surface area contributed by atoms with Crippen molar-refractivity contribution in [3.05, 3.63) is 48.3 Å². The molecule has 1 fully saturated rings. The fourth-order valence-corrected chi connectivity index (χ4v) is 3.12. The largest absolute Gasteiger partial charge is 0.434 e. The quantitative estimate of drug-likeness (QED) is 0.425. The lowest BCUT2D eigenvalue weighted by Gasteiger charge is -2.34. The van der Waals surface area contributed by atoms with E-state index < -0.39 is 11.0 Å². The van der Waals surface area contributed by atoms with Crippen molar-refractivity contribution in [2.75, 3.05) is 13.1 Å². The van der Waals surface area contributed by atoms with E-state index in [-0.39, 0.29) is 22.3 Å². The molecule has 5 nitrogen and oxygen atoms in total. The highest BCUT2D eigenvalue weighted by Crippen LogP contribution is 2.33. The van der Waals surface area contributed by atoms with Crippen LogP contribution < -0.4 is 5.32 Å². The first-order chi connectivity index (χ1) is 12.4. The van der Waals surface area contributed by atoms with Crippen LogP contribution in [0.25, 0.3) is 11.4 Å². The Labute approximate surface area is 186 Å². The van der Waals surface area contributed by atoms with Gasteiger partial charge in [-0.3, -0.25) is 0 Å². The van der Waals surface area contributed by atoms with Crippen molar-refractivity contribution in [1.29, 1.82) is 0 Å². The van der Waals surface area contributed by atoms with Crippen LogP contribution in [0.2, 0.25) is 0 Å². The van der Waals surface area contributed by atoms with E-state index in [9.17, 15) is 4.79 Å². The number of hydrogen-bond donors (Lipinski definition) is 1. The summed E-state index contributed by atoms with van der Waals surface area (Å²) in [6, 6.07) is 10.6. The molecule has 1 aromatic heterocycles. The summed E-state index contributed by atoms with van der Waals surface area (Å²) < 4.78 is 4.14. The van der Waals surface area contributed by atoms with Gasteiger partial charge < -0.3 is 10.1 Å². The number of carbonyl (C=O) groups excluding carboxylic acids is 1. The predicted octanol–water partition coefficient (Wildman–Crippen LogP) is 6.64. The van der Waals surface area contributed by atoms with E-state index in [1.807, 2.05) is 6.07 Å². The fourth-order valence-electron chi connectivity index (χ4n) is 2.86. The summed E-state index contributed by atoms with van der Waals surface area (Å²) in [5.41, 5.74) is 1.31. The molecule has 0 spiro atoms. The lowest BCUT2D eigenvalue weighted by Crippen LogP contribution is -2.37. The first-order valence-corrected chi connectivity index (χ1v) is 9.31. The van der Waals surface area contributed by atoms with Gasteiger partial charge in [0.25, 0.3) is 0 Å². The van der Waals surface area contributed by atoms with Crippen LogP contribution in [0.1, 0.15) is 54.5 Å². The molecule has 1 saturated heterocycles. The summed E-state index contributed by atoms with van der Waals surface area (Å²) in [5.74, 6) is 0.796. The Balaban J connectivity index is 0. The summed E-state index contributed by atoms with van der Waals surface area (Å²) in [4.78, 5) is 18.3. The number of nitrogens with one attached hydrogen (secondary N) is 1. The Bertz CT molecular complexity index is 689. The van der Waals surface area contributed by atoms with Crippen molar-refractivity contribution in [2.45, 2.75) is 59.9 Å². The molecule has 0 aliphatic carbocycles. The molecule has 3 rings (SSSR count). The Morgan fingerprint density at radius 2 is 1.62 bits per heavy atom. The molecular weight excluding hydrogens is 409 g/mol. The summed E-state index contributed by atoms with van der Waals surface area (Å²) >= 11 is 9.87. The maximum Gasteiger partial charge on any atom is 0.405 e. The minimum atomic E-state index is -0.873. The standard InChI is InChI=1S/C16H19N3.C3H4Cl2O2.3CH4/c1-16(7-11-17-12-8-16)14-5-3-13(4-6-14)15-18-9-2-10-19-15;1-2(4)7-3(5)6;;;/h2-6,9-10,17H,7-8,11-12H2,1H3;2H,1H3;3*1H4. The van der Waals surface area contributed by atoms with Gasteiger partial charge in [-0.15, -0.1) is 0 Å². The van der Waals surface area contributed by atoms with E-state index in [4.69, 9.17) is 23.2 Å². The van der Waals surface area contributed by atoms with Crippen LogP contribution in [-0.4, -0.2) is 34.0 Å². The van der Waals surface area contributed by atoms with Crippen LogP contribution >= 0.6 is 23.2 Å². The van der Waals surface area contributed by atoms with E-state index >= 15 is 0 Å². The number of halogens is 2. The zero-order valence-corrected chi connectivity index (χ0v) is 16.4. The molecule has 2 heterocycles. The van der Waals surface area contributed by atoms with Gasteiger partial charge in [0.05, 0.1) is 0 Å². The molecule has 0 saturated carbocycles. The highest BCUT2D eigenvalue weighted by atomic mass is 35.5. The number of benzene rings is 1. The van der Waals surface area contributed by atoms with E-state index in [1.165, 1.54) is 25.3 Å². The maximum absolute atomic E-state index is 9.71. The van der Waals surface area contributed by atoms with E-state index in [0.717, 1.165) is 24.5 Å². The molecule has 0 radical (unpaired) electrons. The van der Waals surface area contributed by atoms with Gasteiger partial charge in [0.15, 0.2) is 11.4 Å². The second kappa shape index (κ2) is 14.3. The Morgan fingerprint density at radius 1 is 1.10 bits per heavy atom. The molecule has 1 aromatic carbocycles. The number of rotatable bonds is 3. The minimum absolute atomic E-state index is 0. The summed E-state index contributed by atoms with van der Waals surface area (Å²) in [7, 11) is 0. The van der Waals surface area contributed by atoms with Crippen LogP contribution in [0.3, 0.4) is 0 Å². The van der Waals surface area contributed by atoms with E-state index in [1.54, 1.807) is 12.4 Å². The van der Waals surface area contributed by atoms with Crippen molar-refractivity contribution < 1.29 is 9.53 Å². The molecule has 0 bridgehead atoms. The average Bonchev–Trinajstić information content (AvgIpc) is 2.63. The molecule has 2 aromatic rings. The van der Waals surface area contributed by atoms with Gasteiger partial charge in [0, 0.05) is 29.6 Å². The van der Waals surface area contributed by atoms with Crippen LogP contribution in [0.5, 0.6) is 0 Å². The van der Waals surface area contributed by atoms with Crippen LogP contribution in [0.4, 0.5) is 4.79 Å². The number of carbonyl (C=O) groups is 1. The van der Waals surface area contributed by atoms with Crippen molar-refractivity contribution in [2.24, 2.45) is 0 Å². The summed E-state index contributed by atoms with van der Waals surface area (Å²) in [6.07, 6.45) is 5.97. The molecular formula is C22H35Cl2N3O2. The molecule has 29 heavy (non-hydrogen) atoms. The zero-order chi connectivity index (χ0) is 19.0. The zero-order valence-electron chi connectivity index (χ0n) is 14.9. The lowest BCUT2D eigenvalue weighted by atomic mass is 9.75. The van der Waals surface area contributed by atoms with Crippen LogP contribution in [0.15, 0.2) is 42.7 Å². The molecule has 0 amide bonds. The first-order valence-electron chi connectivity index (χ1n) is 8.49. The molecule has 1 aliphatic heterocycles. The molecule has 164 valence electrons. The molecule has 1 unspecified atom stereocenters. The van der Waals surface area contributed by atoms with Crippen molar-refractivity contribution in [3.8, 4) is 11.4 Å². The third-order valence-electron chi connectivity index (χ3n) is 4.37. The molecule has 1 N–H and O–H groups in total. The number of hydrogen-bond acceptors (Lipinski definition) is 5. The number of alkyl halides is 1. The van der Waals surface area contributed by atoms with Crippen molar-refractivity contribution in [3.63, 3.8) is 0 Å². The molecule has 1 aliphatic rings. The van der Waals surface area contributed by atoms with Gasteiger partial charge in [-0.2, -0.15) is 0 Å². The normalized spacial score (nSPS) is 15.0. The van der Waals surface area contributed by atoms with Gasteiger partial charge in [-0.1, -0.05) is 65.1 Å². The number of aromatic nitrogens is 2. The maximum atomic E-state index is 9.71. The van der Waals surface area contributed by atoms with E-state index in [0.29, 0.717) is 5.41 Å². The predicted molar refractivity (Wildman–Crippen MR) is 125 cm³/mol. The van der Waals surface area contributed by atoms with Gasteiger partial charge in [0.2, 0.25) is 0 Å².